The van der Waals surface area contributed by atoms with Gasteiger partial charge < -0.3 is 9.52 Å². The number of nitrogens with zero attached hydrogens (tertiary/aromatic N) is 1. The number of furan rings is 1. The highest BCUT2D eigenvalue weighted by molar-refractivity contribution is 8.27. The smallest absolute Gasteiger partial charge is 0.335 e. The van der Waals surface area contributed by atoms with Crippen molar-refractivity contribution < 1.29 is 19.1 Å². The minimum Gasteiger partial charge on any atom is -0.478 e. The van der Waals surface area contributed by atoms with E-state index in [1.165, 1.54) is 17.8 Å². The molecule has 7 heteroatoms. The first-order valence-corrected chi connectivity index (χ1v) is 10.3. The van der Waals surface area contributed by atoms with Gasteiger partial charge in [0.1, 0.15) is 11.5 Å². The second kappa shape index (κ2) is 7.93. The number of carboxylic acid groups (broad SMARTS) is 1. The van der Waals surface area contributed by atoms with Crippen molar-refractivity contribution >= 4 is 51.9 Å². The van der Waals surface area contributed by atoms with Gasteiger partial charge in [-0.2, -0.15) is 0 Å². The van der Waals surface area contributed by atoms with Crippen LogP contribution in [0.1, 0.15) is 27.2 Å². The lowest BCUT2D eigenvalue weighted by Gasteiger charge is -2.17. The van der Waals surface area contributed by atoms with Crippen molar-refractivity contribution in [1.29, 1.82) is 0 Å². The van der Waals surface area contributed by atoms with Crippen molar-refractivity contribution in [2.75, 3.05) is 4.90 Å². The number of hydrogen-bond donors (Lipinski definition) is 1. The molecule has 3 aromatic rings. The zero-order valence-electron chi connectivity index (χ0n) is 16.2. The second-order valence-electron chi connectivity index (χ2n) is 6.90. The molecule has 1 fully saturated rings. The van der Waals surface area contributed by atoms with Gasteiger partial charge in [-0.25, -0.2) is 4.79 Å². The van der Waals surface area contributed by atoms with Gasteiger partial charge in [0.25, 0.3) is 5.91 Å². The quantitative estimate of drug-likeness (QED) is 0.421. The summed E-state index contributed by atoms with van der Waals surface area (Å²) in [5.74, 6) is -0.178. The van der Waals surface area contributed by atoms with E-state index in [1.807, 2.05) is 32.0 Å². The molecule has 0 atom stereocenters. The average Bonchev–Trinajstić information content (AvgIpc) is 3.28. The van der Waals surface area contributed by atoms with E-state index in [9.17, 15) is 9.59 Å². The standard InChI is InChI=1S/C23H17NO4S2/c1-13-6-8-18(14(2)10-13)24-21(25)20(30-23(24)29)12-17-7-9-19(28-17)15-4-3-5-16(11-15)22(26)27/h3-12H,1-2H3,(H,26,27). The van der Waals surface area contributed by atoms with Crippen LogP contribution in [0, 0.1) is 13.8 Å². The minimum absolute atomic E-state index is 0.180. The minimum atomic E-state index is -1.00. The molecule has 1 aromatic heterocycles. The molecule has 1 saturated heterocycles. The molecule has 2 aromatic carbocycles. The lowest BCUT2D eigenvalue weighted by molar-refractivity contribution is -0.113. The number of amides is 1. The first-order chi connectivity index (χ1) is 14.3. The number of thioether (sulfide) groups is 1. The van der Waals surface area contributed by atoms with Crippen LogP contribution in [0.25, 0.3) is 17.4 Å². The van der Waals surface area contributed by atoms with Gasteiger partial charge in [0.15, 0.2) is 4.32 Å². The molecule has 2 heterocycles. The van der Waals surface area contributed by atoms with Crippen LogP contribution < -0.4 is 4.90 Å². The molecular formula is C23H17NO4S2. The molecular weight excluding hydrogens is 418 g/mol. The Morgan fingerprint density at radius 1 is 1.13 bits per heavy atom. The first kappa shape index (κ1) is 20.1. The van der Waals surface area contributed by atoms with Crippen molar-refractivity contribution in [2.45, 2.75) is 13.8 Å². The first-order valence-electron chi connectivity index (χ1n) is 9.12. The highest BCUT2D eigenvalue weighted by Gasteiger charge is 2.34. The van der Waals surface area contributed by atoms with E-state index in [2.05, 4.69) is 0 Å². The Morgan fingerprint density at radius 3 is 2.67 bits per heavy atom. The summed E-state index contributed by atoms with van der Waals surface area (Å²) in [7, 11) is 0. The summed E-state index contributed by atoms with van der Waals surface area (Å²) in [5.41, 5.74) is 3.70. The van der Waals surface area contributed by atoms with Crippen molar-refractivity contribution in [3.8, 4) is 11.3 Å². The zero-order chi connectivity index (χ0) is 21.4. The number of aryl methyl sites for hydroxylation is 2. The molecule has 0 radical (unpaired) electrons. The van der Waals surface area contributed by atoms with Gasteiger partial charge in [0, 0.05) is 11.6 Å². The van der Waals surface area contributed by atoms with E-state index in [1.54, 1.807) is 41.3 Å². The van der Waals surface area contributed by atoms with Crippen molar-refractivity contribution in [1.82, 2.24) is 0 Å². The fraction of sp³-hybridized carbons (Fsp3) is 0.0870. The molecule has 1 aliphatic heterocycles. The van der Waals surface area contributed by atoms with Crippen LogP contribution in [-0.4, -0.2) is 21.3 Å². The van der Waals surface area contributed by atoms with E-state index >= 15 is 0 Å². The summed E-state index contributed by atoms with van der Waals surface area (Å²) in [5, 5.41) is 9.16. The van der Waals surface area contributed by atoms with E-state index in [0.717, 1.165) is 16.8 Å². The third kappa shape index (κ3) is 3.81. The monoisotopic (exact) mass is 435 g/mol. The van der Waals surface area contributed by atoms with Gasteiger partial charge >= 0.3 is 5.97 Å². The van der Waals surface area contributed by atoms with Crippen molar-refractivity contribution in [2.24, 2.45) is 0 Å². The molecule has 0 aliphatic carbocycles. The number of aromatic carboxylic acids is 1. The molecule has 150 valence electrons. The molecule has 1 N–H and O–H groups in total. The topological polar surface area (TPSA) is 70.8 Å². The normalized spacial score (nSPS) is 15.3. The maximum Gasteiger partial charge on any atom is 0.335 e. The van der Waals surface area contributed by atoms with Crippen LogP contribution in [0.2, 0.25) is 0 Å². The molecule has 0 bridgehead atoms. The summed E-state index contributed by atoms with van der Waals surface area (Å²) in [4.78, 5) is 26.2. The Hall–Kier alpha value is -3.16. The van der Waals surface area contributed by atoms with Gasteiger partial charge in [-0.1, -0.05) is 53.8 Å². The molecule has 1 amide bonds. The number of rotatable bonds is 4. The molecule has 4 rings (SSSR count). The number of carbonyl (C=O) groups is 2. The van der Waals surface area contributed by atoms with Crippen LogP contribution in [-0.2, 0) is 4.79 Å². The number of carbonyl (C=O) groups excluding carboxylic acids is 1. The summed E-state index contributed by atoms with van der Waals surface area (Å²) >= 11 is 6.67. The summed E-state index contributed by atoms with van der Waals surface area (Å²) in [6, 6.07) is 15.9. The van der Waals surface area contributed by atoms with Crippen LogP contribution in [0.4, 0.5) is 5.69 Å². The van der Waals surface area contributed by atoms with Crippen molar-refractivity contribution in [3.63, 3.8) is 0 Å². The van der Waals surface area contributed by atoms with Crippen LogP contribution in [0.5, 0.6) is 0 Å². The number of thiocarbonyl (C=S) groups is 1. The zero-order valence-corrected chi connectivity index (χ0v) is 17.8. The third-order valence-electron chi connectivity index (χ3n) is 4.68. The Kier molecular flexibility index (Phi) is 5.32. The Balaban J connectivity index is 1.62. The highest BCUT2D eigenvalue weighted by Crippen LogP contribution is 2.38. The second-order valence-corrected chi connectivity index (χ2v) is 8.57. The lowest BCUT2D eigenvalue weighted by Crippen LogP contribution is -2.28. The maximum absolute atomic E-state index is 13.0. The largest absolute Gasteiger partial charge is 0.478 e. The Morgan fingerprint density at radius 2 is 1.93 bits per heavy atom. The number of benzene rings is 2. The predicted octanol–water partition coefficient (Wildman–Crippen LogP) is 5.67. The van der Waals surface area contributed by atoms with Crippen LogP contribution in [0.15, 0.2) is 63.9 Å². The fourth-order valence-electron chi connectivity index (χ4n) is 3.25. The van der Waals surface area contributed by atoms with E-state index in [-0.39, 0.29) is 11.5 Å². The maximum atomic E-state index is 13.0. The molecule has 0 saturated carbocycles. The SMILES string of the molecule is Cc1ccc(N2C(=O)C(=Cc3ccc(-c4cccc(C(=O)O)c4)o3)SC2=S)c(C)c1. The molecule has 0 spiro atoms. The predicted molar refractivity (Wildman–Crippen MR) is 123 cm³/mol. The van der Waals surface area contributed by atoms with Gasteiger partial charge in [0.2, 0.25) is 0 Å². The number of anilines is 1. The van der Waals surface area contributed by atoms with Crippen molar-refractivity contribution in [3.05, 3.63) is 82.0 Å². The fourth-order valence-corrected chi connectivity index (χ4v) is 4.52. The van der Waals surface area contributed by atoms with Gasteiger partial charge in [-0.15, -0.1) is 0 Å². The highest BCUT2D eigenvalue weighted by atomic mass is 32.2. The van der Waals surface area contributed by atoms with Gasteiger partial charge in [-0.3, -0.25) is 9.69 Å². The molecule has 1 aliphatic rings. The van der Waals surface area contributed by atoms with E-state index in [0.29, 0.717) is 26.3 Å². The van der Waals surface area contributed by atoms with Crippen LogP contribution >= 0.6 is 24.0 Å². The lowest BCUT2D eigenvalue weighted by atomic mass is 10.1. The van der Waals surface area contributed by atoms with Crippen LogP contribution in [0.3, 0.4) is 0 Å². The molecule has 30 heavy (non-hydrogen) atoms. The number of hydrogen-bond acceptors (Lipinski definition) is 5. The number of carboxylic acids is 1. The van der Waals surface area contributed by atoms with E-state index < -0.39 is 5.97 Å². The van der Waals surface area contributed by atoms with E-state index in [4.69, 9.17) is 21.7 Å². The van der Waals surface area contributed by atoms with Gasteiger partial charge in [0.05, 0.1) is 16.2 Å². The summed E-state index contributed by atoms with van der Waals surface area (Å²) in [6.45, 7) is 3.95. The molecule has 0 unspecified atom stereocenters. The molecule has 5 nitrogen and oxygen atoms in total. The Labute approximate surface area is 183 Å². The van der Waals surface area contributed by atoms with Gasteiger partial charge in [-0.05, 0) is 49.7 Å². The third-order valence-corrected chi connectivity index (χ3v) is 5.98. The Bertz CT molecular complexity index is 1230. The average molecular weight is 436 g/mol. The summed E-state index contributed by atoms with van der Waals surface area (Å²) < 4.78 is 6.31. The summed E-state index contributed by atoms with van der Waals surface area (Å²) in [6.07, 6.45) is 1.66.